The van der Waals surface area contributed by atoms with Crippen LogP contribution < -0.4 is 21.5 Å². The van der Waals surface area contributed by atoms with E-state index in [9.17, 15) is 14.4 Å². The van der Waals surface area contributed by atoms with Gasteiger partial charge in [0.2, 0.25) is 5.91 Å². The summed E-state index contributed by atoms with van der Waals surface area (Å²) in [4.78, 5) is 39.3. The molecule has 4 N–H and O–H groups in total. The van der Waals surface area contributed by atoms with E-state index < -0.39 is 11.8 Å². The highest BCUT2D eigenvalue weighted by atomic mass is 16.2. The van der Waals surface area contributed by atoms with Crippen molar-refractivity contribution in [3.05, 3.63) is 78.3 Å². The molecule has 0 radical (unpaired) electrons. The summed E-state index contributed by atoms with van der Waals surface area (Å²) in [6.45, 7) is 4.23. The molecule has 0 aliphatic carbocycles. The Morgan fingerprint density at radius 2 is 1.56 bits per heavy atom. The summed E-state index contributed by atoms with van der Waals surface area (Å²) in [7, 11) is 0. The third kappa shape index (κ3) is 7.39. The highest BCUT2D eigenvalue weighted by molar-refractivity contribution is 6.34. The summed E-state index contributed by atoms with van der Waals surface area (Å²) < 4.78 is 0. The second-order valence-corrected chi connectivity index (χ2v) is 5.67. The zero-order chi connectivity index (χ0) is 19.5. The van der Waals surface area contributed by atoms with Gasteiger partial charge in [0.15, 0.2) is 0 Å². The fourth-order valence-electron chi connectivity index (χ4n) is 2.06. The number of amides is 3. The SMILES string of the molecule is C=C(CC(=O)NCc1cccnc1)NNC(=O)C(=O)NCc1ccccc1. The molecule has 27 heavy (non-hydrogen) atoms. The van der Waals surface area contributed by atoms with E-state index in [1.165, 1.54) is 0 Å². The van der Waals surface area contributed by atoms with Crippen LogP contribution in [0.15, 0.2) is 67.1 Å². The van der Waals surface area contributed by atoms with Crippen molar-refractivity contribution in [2.75, 3.05) is 0 Å². The Bertz CT molecular complexity index is 794. The van der Waals surface area contributed by atoms with Crippen LogP contribution in [0.4, 0.5) is 0 Å². The van der Waals surface area contributed by atoms with Crippen molar-refractivity contribution in [1.29, 1.82) is 0 Å². The Labute approximate surface area is 157 Å². The molecule has 2 aromatic rings. The molecule has 1 aromatic heterocycles. The third-order valence-corrected chi connectivity index (χ3v) is 3.44. The molecule has 0 bridgehead atoms. The van der Waals surface area contributed by atoms with Gasteiger partial charge >= 0.3 is 11.8 Å². The van der Waals surface area contributed by atoms with E-state index in [-0.39, 0.29) is 24.6 Å². The summed E-state index contributed by atoms with van der Waals surface area (Å²) in [5.41, 5.74) is 6.67. The summed E-state index contributed by atoms with van der Waals surface area (Å²) in [5, 5.41) is 5.20. The van der Waals surface area contributed by atoms with Crippen molar-refractivity contribution >= 4 is 17.7 Å². The number of hydrogen-bond donors (Lipinski definition) is 4. The molecule has 0 saturated carbocycles. The Morgan fingerprint density at radius 1 is 0.852 bits per heavy atom. The number of hydrogen-bond acceptors (Lipinski definition) is 5. The first-order chi connectivity index (χ1) is 13.0. The zero-order valence-electron chi connectivity index (χ0n) is 14.7. The lowest BCUT2D eigenvalue weighted by molar-refractivity contribution is -0.139. The zero-order valence-corrected chi connectivity index (χ0v) is 14.7. The minimum Gasteiger partial charge on any atom is -0.352 e. The Balaban J connectivity index is 1.64. The number of hydrazine groups is 1. The lowest BCUT2D eigenvalue weighted by Gasteiger charge is -2.11. The monoisotopic (exact) mass is 367 g/mol. The van der Waals surface area contributed by atoms with Crippen molar-refractivity contribution in [1.82, 2.24) is 26.5 Å². The second kappa shape index (κ2) is 10.3. The number of carbonyl (C=O) groups is 3. The van der Waals surface area contributed by atoms with Gasteiger partial charge in [-0.1, -0.05) is 43.0 Å². The Hall–Kier alpha value is -3.68. The number of aromatic nitrogens is 1. The molecule has 8 nitrogen and oxygen atoms in total. The first kappa shape index (κ1) is 19.6. The van der Waals surface area contributed by atoms with Gasteiger partial charge in [-0.2, -0.15) is 0 Å². The number of rotatable bonds is 8. The van der Waals surface area contributed by atoms with Gasteiger partial charge < -0.3 is 16.1 Å². The highest BCUT2D eigenvalue weighted by Crippen LogP contribution is 1.98. The Morgan fingerprint density at radius 3 is 2.26 bits per heavy atom. The lowest BCUT2D eigenvalue weighted by atomic mass is 10.2. The fraction of sp³-hybridized carbons (Fsp3) is 0.158. The molecule has 2 rings (SSSR count). The number of nitrogens with one attached hydrogen (secondary N) is 4. The second-order valence-electron chi connectivity index (χ2n) is 5.67. The molecule has 1 heterocycles. The summed E-state index contributed by atoms with van der Waals surface area (Å²) >= 11 is 0. The molecule has 0 atom stereocenters. The molecule has 8 heteroatoms. The van der Waals surface area contributed by atoms with Crippen molar-refractivity contribution in [2.45, 2.75) is 19.5 Å². The fourth-order valence-corrected chi connectivity index (χ4v) is 2.06. The van der Waals surface area contributed by atoms with E-state index in [4.69, 9.17) is 0 Å². The standard InChI is InChI=1S/C19H21N5O3/c1-14(10-17(25)21-13-16-8-5-9-20-11-16)23-24-19(27)18(26)22-12-15-6-3-2-4-7-15/h2-9,11,23H,1,10,12-13H2,(H,21,25)(H,22,26)(H,24,27). The molecule has 0 saturated heterocycles. The van der Waals surface area contributed by atoms with Gasteiger partial charge in [0.1, 0.15) is 0 Å². The van der Waals surface area contributed by atoms with Crippen LogP contribution >= 0.6 is 0 Å². The van der Waals surface area contributed by atoms with Crippen LogP contribution in [0.1, 0.15) is 17.5 Å². The lowest BCUT2D eigenvalue weighted by Crippen LogP contribution is -2.46. The number of benzene rings is 1. The van der Waals surface area contributed by atoms with E-state index in [1.807, 2.05) is 36.4 Å². The smallest absolute Gasteiger partial charge is 0.327 e. The van der Waals surface area contributed by atoms with E-state index in [2.05, 4.69) is 33.0 Å². The predicted molar refractivity (Wildman–Crippen MR) is 99.4 cm³/mol. The molecule has 0 aliphatic heterocycles. The van der Waals surface area contributed by atoms with Gasteiger partial charge in [0.25, 0.3) is 0 Å². The molecular weight excluding hydrogens is 346 g/mol. The summed E-state index contributed by atoms with van der Waals surface area (Å²) in [6, 6.07) is 12.8. The normalized spacial score (nSPS) is 9.78. The van der Waals surface area contributed by atoms with Crippen molar-refractivity contribution in [3.63, 3.8) is 0 Å². The average Bonchev–Trinajstić information content (AvgIpc) is 2.70. The maximum atomic E-state index is 11.8. The van der Waals surface area contributed by atoms with Crippen LogP contribution in [0.5, 0.6) is 0 Å². The molecule has 1 aromatic carbocycles. The van der Waals surface area contributed by atoms with Crippen LogP contribution in [0.3, 0.4) is 0 Å². The summed E-state index contributed by atoms with van der Waals surface area (Å²) in [5.74, 6) is -1.94. The van der Waals surface area contributed by atoms with Crippen LogP contribution in [-0.2, 0) is 27.5 Å². The first-order valence-corrected chi connectivity index (χ1v) is 8.26. The van der Waals surface area contributed by atoms with Crippen LogP contribution in [-0.4, -0.2) is 22.7 Å². The largest absolute Gasteiger partial charge is 0.352 e. The van der Waals surface area contributed by atoms with E-state index in [1.54, 1.807) is 18.5 Å². The minimum atomic E-state index is -0.872. The van der Waals surface area contributed by atoms with Gasteiger partial charge in [-0.3, -0.25) is 24.8 Å². The van der Waals surface area contributed by atoms with Gasteiger partial charge in [-0.25, -0.2) is 0 Å². The van der Waals surface area contributed by atoms with Crippen LogP contribution in [0, 0.1) is 0 Å². The molecular formula is C19H21N5O3. The van der Waals surface area contributed by atoms with Crippen molar-refractivity contribution in [2.24, 2.45) is 0 Å². The number of carbonyl (C=O) groups excluding carboxylic acids is 3. The average molecular weight is 367 g/mol. The van der Waals surface area contributed by atoms with Crippen molar-refractivity contribution in [3.8, 4) is 0 Å². The molecule has 140 valence electrons. The van der Waals surface area contributed by atoms with E-state index in [0.717, 1.165) is 11.1 Å². The molecule has 0 aliphatic rings. The number of nitrogens with zero attached hydrogens (tertiary/aromatic N) is 1. The van der Waals surface area contributed by atoms with Gasteiger partial charge in [0, 0.05) is 31.2 Å². The van der Waals surface area contributed by atoms with Crippen LogP contribution in [0.2, 0.25) is 0 Å². The van der Waals surface area contributed by atoms with E-state index >= 15 is 0 Å². The predicted octanol–water partition coefficient (Wildman–Crippen LogP) is 0.539. The molecule has 0 spiro atoms. The number of pyridine rings is 1. The van der Waals surface area contributed by atoms with Gasteiger partial charge in [-0.05, 0) is 17.2 Å². The van der Waals surface area contributed by atoms with Crippen molar-refractivity contribution < 1.29 is 14.4 Å². The van der Waals surface area contributed by atoms with Gasteiger partial charge in [-0.15, -0.1) is 0 Å². The Kier molecular flexibility index (Phi) is 7.52. The minimum absolute atomic E-state index is 0.0494. The highest BCUT2D eigenvalue weighted by Gasteiger charge is 2.13. The topological polar surface area (TPSA) is 112 Å². The van der Waals surface area contributed by atoms with Crippen LogP contribution in [0.25, 0.3) is 0 Å². The molecule has 0 fully saturated rings. The molecule has 0 unspecified atom stereocenters. The third-order valence-electron chi connectivity index (χ3n) is 3.44. The maximum Gasteiger partial charge on any atom is 0.327 e. The maximum absolute atomic E-state index is 11.8. The first-order valence-electron chi connectivity index (χ1n) is 8.26. The molecule has 3 amide bonds. The quantitative estimate of drug-likeness (QED) is 0.402. The van der Waals surface area contributed by atoms with E-state index in [0.29, 0.717) is 6.54 Å². The van der Waals surface area contributed by atoms with Gasteiger partial charge in [0.05, 0.1) is 6.42 Å². The summed E-state index contributed by atoms with van der Waals surface area (Å²) in [6.07, 6.45) is 3.25.